The van der Waals surface area contributed by atoms with Crippen molar-refractivity contribution in [3.8, 4) is 5.75 Å². The maximum atomic E-state index is 11.0. The van der Waals surface area contributed by atoms with Gasteiger partial charge in [-0.1, -0.05) is 17.7 Å². The summed E-state index contributed by atoms with van der Waals surface area (Å²) in [5.41, 5.74) is 2.28. The second kappa shape index (κ2) is 6.75. The van der Waals surface area contributed by atoms with Crippen molar-refractivity contribution in [1.82, 2.24) is 5.32 Å². The van der Waals surface area contributed by atoms with Crippen LogP contribution in [-0.4, -0.2) is 34.1 Å². The zero-order valence-electron chi connectivity index (χ0n) is 11.2. The number of hydrogen-bond donors (Lipinski definition) is 1. The molecule has 4 nitrogen and oxygen atoms in total. The highest BCUT2D eigenvalue weighted by molar-refractivity contribution is 7.90. The van der Waals surface area contributed by atoms with Gasteiger partial charge in [0.25, 0.3) is 0 Å². The summed E-state index contributed by atoms with van der Waals surface area (Å²) < 4.78 is 27.6. The van der Waals surface area contributed by atoms with E-state index in [0.29, 0.717) is 13.0 Å². The van der Waals surface area contributed by atoms with Crippen molar-refractivity contribution in [2.24, 2.45) is 0 Å². The van der Waals surface area contributed by atoms with Crippen LogP contribution in [-0.2, 0) is 16.4 Å². The number of aryl methyl sites for hydroxylation is 1. The van der Waals surface area contributed by atoms with Crippen molar-refractivity contribution in [2.45, 2.75) is 19.9 Å². The normalized spacial score (nSPS) is 11.5. The van der Waals surface area contributed by atoms with Crippen LogP contribution in [0.1, 0.15) is 17.5 Å². The highest BCUT2D eigenvalue weighted by atomic mass is 32.2. The van der Waals surface area contributed by atoms with Gasteiger partial charge >= 0.3 is 0 Å². The van der Waals surface area contributed by atoms with Gasteiger partial charge in [0.1, 0.15) is 15.6 Å². The molecule has 102 valence electrons. The standard InChI is InChI=1S/C13H21NO3S/c1-11-5-6-13(12(9-11)10-14-2)17-7-4-8-18(3,15)16/h5-6,9,14H,4,7-8,10H2,1-3H3. The summed E-state index contributed by atoms with van der Waals surface area (Å²) in [6, 6.07) is 6.00. The van der Waals surface area contributed by atoms with Crippen LogP contribution in [0.2, 0.25) is 0 Å². The maximum Gasteiger partial charge on any atom is 0.147 e. The molecule has 0 aliphatic carbocycles. The first-order valence-corrected chi connectivity index (χ1v) is 8.03. The van der Waals surface area contributed by atoms with Gasteiger partial charge in [0.2, 0.25) is 0 Å². The van der Waals surface area contributed by atoms with E-state index in [1.807, 2.05) is 26.1 Å². The van der Waals surface area contributed by atoms with E-state index in [1.165, 1.54) is 11.8 Å². The van der Waals surface area contributed by atoms with E-state index in [9.17, 15) is 8.42 Å². The fourth-order valence-electron chi connectivity index (χ4n) is 1.68. The average Bonchev–Trinajstić information content (AvgIpc) is 2.26. The van der Waals surface area contributed by atoms with E-state index in [-0.39, 0.29) is 5.75 Å². The van der Waals surface area contributed by atoms with E-state index < -0.39 is 9.84 Å². The Bertz CT molecular complexity index is 483. The van der Waals surface area contributed by atoms with Gasteiger partial charge in [-0.05, 0) is 26.5 Å². The molecule has 0 atom stereocenters. The Kier molecular flexibility index (Phi) is 5.62. The molecular formula is C13H21NO3S. The summed E-state index contributed by atoms with van der Waals surface area (Å²) in [6.07, 6.45) is 1.76. The van der Waals surface area contributed by atoms with Gasteiger partial charge in [-0.3, -0.25) is 0 Å². The van der Waals surface area contributed by atoms with Gasteiger partial charge in [-0.15, -0.1) is 0 Å². The first kappa shape index (κ1) is 15.0. The van der Waals surface area contributed by atoms with Crippen LogP contribution in [0.15, 0.2) is 18.2 Å². The molecule has 0 spiro atoms. The number of hydrogen-bond acceptors (Lipinski definition) is 4. The van der Waals surface area contributed by atoms with E-state index in [1.54, 1.807) is 0 Å². The quantitative estimate of drug-likeness (QED) is 0.764. The molecule has 18 heavy (non-hydrogen) atoms. The van der Waals surface area contributed by atoms with Gasteiger partial charge in [-0.2, -0.15) is 0 Å². The molecule has 1 aromatic rings. The molecule has 0 bridgehead atoms. The van der Waals surface area contributed by atoms with Crippen molar-refractivity contribution in [3.63, 3.8) is 0 Å². The molecule has 1 aromatic carbocycles. The fraction of sp³-hybridized carbons (Fsp3) is 0.538. The molecule has 0 fully saturated rings. The molecule has 0 aliphatic heterocycles. The molecule has 0 unspecified atom stereocenters. The van der Waals surface area contributed by atoms with Crippen LogP contribution in [0.4, 0.5) is 0 Å². The first-order chi connectivity index (χ1) is 8.42. The smallest absolute Gasteiger partial charge is 0.147 e. The zero-order chi connectivity index (χ0) is 13.6. The second-order valence-electron chi connectivity index (χ2n) is 4.47. The number of rotatable bonds is 7. The Morgan fingerprint density at radius 1 is 1.33 bits per heavy atom. The molecule has 0 amide bonds. The van der Waals surface area contributed by atoms with Crippen LogP contribution >= 0.6 is 0 Å². The monoisotopic (exact) mass is 271 g/mol. The second-order valence-corrected chi connectivity index (χ2v) is 6.73. The van der Waals surface area contributed by atoms with Crippen molar-refractivity contribution in [3.05, 3.63) is 29.3 Å². The first-order valence-electron chi connectivity index (χ1n) is 5.97. The molecule has 0 aliphatic rings. The SMILES string of the molecule is CNCc1cc(C)ccc1OCCCS(C)(=O)=O. The highest BCUT2D eigenvalue weighted by Crippen LogP contribution is 2.20. The van der Waals surface area contributed by atoms with Gasteiger partial charge in [0.15, 0.2) is 0 Å². The Morgan fingerprint density at radius 3 is 2.67 bits per heavy atom. The van der Waals surface area contributed by atoms with Crippen LogP contribution < -0.4 is 10.1 Å². The summed E-state index contributed by atoms with van der Waals surface area (Å²) in [4.78, 5) is 0. The molecule has 5 heteroatoms. The minimum absolute atomic E-state index is 0.167. The Labute approximate surface area is 109 Å². The lowest BCUT2D eigenvalue weighted by Gasteiger charge is -2.12. The van der Waals surface area contributed by atoms with E-state index in [0.717, 1.165) is 17.9 Å². The zero-order valence-corrected chi connectivity index (χ0v) is 12.0. The lowest BCUT2D eigenvalue weighted by molar-refractivity contribution is 0.314. The van der Waals surface area contributed by atoms with Gasteiger partial charge in [0, 0.05) is 18.4 Å². The Hall–Kier alpha value is -1.07. The predicted molar refractivity (Wildman–Crippen MR) is 73.8 cm³/mol. The Balaban J connectivity index is 2.56. The molecule has 0 saturated heterocycles. The molecule has 1 N–H and O–H groups in total. The fourth-order valence-corrected chi connectivity index (χ4v) is 2.32. The average molecular weight is 271 g/mol. The third kappa shape index (κ3) is 5.51. The minimum atomic E-state index is -2.90. The number of nitrogens with one attached hydrogen (secondary N) is 1. The van der Waals surface area contributed by atoms with Gasteiger partial charge in [0.05, 0.1) is 12.4 Å². The highest BCUT2D eigenvalue weighted by Gasteiger charge is 2.05. The topological polar surface area (TPSA) is 55.4 Å². The summed E-state index contributed by atoms with van der Waals surface area (Å²) in [7, 11) is -1.01. The third-order valence-electron chi connectivity index (χ3n) is 2.50. The minimum Gasteiger partial charge on any atom is -0.493 e. The molecule has 0 radical (unpaired) electrons. The predicted octanol–water partition coefficient (Wildman–Crippen LogP) is 1.53. The van der Waals surface area contributed by atoms with Crippen LogP contribution in [0.5, 0.6) is 5.75 Å². The van der Waals surface area contributed by atoms with E-state index >= 15 is 0 Å². The van der Waals surface area contributed by atoms with E-state index in [2.05, 4.69) is 11.4 Å². The molecule has 0 heterocycles. The number of sulfone groups is 1. The Morgan fingerprint density at radius 2 is 2.06 bits per heavy atom. The summed E-state index contributed by atoms with van der Waals surface area (Å²) in [5.74, 6) is 0.990. The summed E-state index contributed by atoms with van der Waals surface area (Å²) in [5, 5.41) is 3.09. The number of ether oxygens (including phenoxy) is 1. The van der Waals surface area contributed by atoms with Crippen molar-refractivity contribution in [2.75, 3.05) is 25.7 Å². The van der Waals surface area contributed by atoms with Crippen molar-refractivity contribution < 1.29 is 13.2 Å². The van der Waals surface area contributed by atoms with Crippen LogP contribution in [0.3, 0.4) is 0 Å². The van der Waals surface area contributed by atoms with Gasteiger partial charge < -0.3 is 10.1 Å². The largest absolute Gasteiger partial charge is 0.493 e. The molecule has 0 aromatic heterocycles. The molecular weight excluding hydrogens is 250 g/mol. The van der Waals surface area contributed by atoms with Crippen molar-refractivity contribution in [1.29, 1.82) is 0 Å². The molecule has 0 saturated carbocycles. The number of benzene rings is 1. The summed E-state index contributed by atoms with van der Waals surface area (Å²) in [6.45, 7) is 3.20. The summed E-state index contributed by atoms with van der Waals surface area (Å²) >= 11 is 0. The van der Waals surface area contributed by atoms with Crippen LogP contribution in [0.25, 0.3) is 0 Å². The molecule has 1 rings (SSSR count). The van der Waals surface area contributed by atoms with Crippen LogP contribution in [0, 0.1) is 6.92 Å². The lowest BCUT2D eigenvalue weighted by atomic mass is 10.1. The third-order valence-corrected chi connectivity index (χ3v) is 3.53. The van der Waals surface area contributed by atoms with E-state index in [4.69, 9.17) is 4.74 Å². The maximum absolute atomic E-state index is 11.0. The van der Waals surface area contributed by atoms with Crippen molar-refractivity contribution >= 4 is 9.84 Å². The lowest BCUT2D eigenvalue weighted by Crippen LogP contribution is -2.11. The van der Waals surface area contributed by atoms with Gasteiger partial charge in [-0.25, -0.2) is 8.42 Å².